The number of ether oxygens (including phenoxy) is 1. The molecule has 0 heterocycles. The Morgan fingerprint density at radius 1 is 1.24 bits per heavy atom. The molecule has 0 bridgehead atoms. The molecule has 2 N–H and O–H groups in total. The fourth-order valence-corrected chi connectivity index (χ4v) is 2.57. The van der Waals surface area contributed by atoms with Gasteiger partial charge in [0.15, 0.2) is 0 Å². The van der Waals surface area contributed by atoms with Crippen LogP contribution in [0.25, 0.3) is 0 Å². The van der Waals surface area contributed by atoms with Gasteiger partial charge in [-0.1, -0.05) is 18.1 Å². The molecule has 1 atom stereocenters. The third kappa shape index (κ3) is 5.44. The molecule has 0 aliphatic rings. The first-order valence-corrected chi connectivity index (χ1v) is 8.36. The summed E-state index contributed by atoms with van der Waals surface area (Å²) in [6.07, 6.45) is 6.32. The third-order valence-corrected chi connectivity index (χ3v) is 4.35. The normalized spacial score (nSPS) is 11.8. The van der Waals surface area contributed by atoms with E-state index in [2.05, 4.69) is 47.3 Å². The third-order valence-electron chi connectivity index (χ3n) is 4.35. The monoisotopic (exact) mass is 338 g/mol. The standard InChI is InChI=1S/C21H26N2O2/c1-5-12-23(3)16(2)13-17-6-9-19(10-7-17)22-15-18-8-11-20(25-4)14-21(18)24/h1,6-11,14,16,22,24H,12-13,15H2,2-4H3/t16-/m1/s1. The predicted octanol–water partition coefficient (Wildman–Crippen LogP) is 3.51. The second-order valence-electron chi connectivity index (χ2n) is 6.22. The number of methoxy groups -OCH3 is 1. The van der Waals surface area contributed by atoms with E-state index in [1.165, 1.54) is 5.56 Å². The van der Waals surface area contributed by atoms with E-state index in [1.54, 1.807) is 13.2 Å². The van der Waals surface area contributed by atoms with Crippen LogP contribution in [0.4, 0.5) is 5.69 Å². The molecular weight excluding hydrogens is 312 g/mol. The molecule has 0 saturated carbocycles. The second-order valence-corrected chi connectivity index (χ2v) is 6.22. The molecule has 0 fully saturated rings. The molecule has 2 aromatic carbocycles. The van der Waals surface area contributed by atoms with Crippen molar-refractivity contribution in [1.29, 1.82) is 0 Å². The van der Waals surface area contributed by atoms with Gasteiger partial charge in [0.1, 0.15) is 11.5 Å². The highest BCUT2D eigenvalue weighted by Crippen LogP contribution is 2.24. The molecule has 0 spiro atoms. The SMILES string of the molecule is C#CCN(C)[C@H](C)Cc1ccc(NCc2ccc(OC)cc2O)cc1. The molecule has 132 valence electrons. The van der Waals surface area contributed by atoms with Crippen LogP contribution >= 0.6 is 0 Å². The number of terminal acetylenes is 1. The first-order chi connectivity index (χ1) is 12.0. The number of nitrogens with one attached hydrogen (secondary N) is 1. The lowest BCUT2D eigenvalue weighted by Crippen LogP contribution is -2.31. The van der Waals surface area contributed by atoms with Crippen molar-refractivity contribution < 1.29 is 9.84 Å². The lowest BCUT2D eigenvalue weighted by molar-refractivity contribution is 0.287. The van der Waals surface area contributed by atoms with Crippen molar-refractivity contribution in [2.24, 2.45) is 0 Å². The van der Waals surface area contributed by atoms with E-state index in [0.717, 1.165) is 17.7 Å². The van der Waals surface area contributed by atoms with Crippen molar-refractivity contribution in [3.63, 3.8) is 0 Å². The van der Waals surface area contributed by atoms with Crippen molar-refractivity contribution in [2.75, 3.05) is 26.0 Å². The molecule has 0 radical (unpaired) electrons. The number of aromatic hydroxyl groups is 1. The average Bonchev–Trinajstić information content (AvgIpc) is 2.62. The van der Waals surface area contributed by atoms with Gasteiger partial charge in [0.25, 0.3) is 0 Å². The van der Waals surface area contributed by atoms with Crippen LogP contribution in [0.5, 0.6) is 11.5 Å². The molecule has 0 aromatic heterocycles. The number of phenols is 1. The van der Waals surface area contributed by atoms with Crippen molar-refractivity contribution in [2.45, 2.75) is 25.9 Å². The Kier molecular flexibility index (Phi) is 6.73. The summed E-state index contributed by atoms with van der Waals surface area (Å²) >= 11 is 0. The van der Waals surface area contributed by atoms with Gasteiger partial charge in [-0.2, -0.15) is 0 Å². The van der Waals surface area contributed by atoms with Gasteiger partial charge in [-0.3, -0.25) is 4.90 Å². The second kappa shape index (κ2) is 9.00. The highest BCUT2D eigenvalue weighted by Gasteiger charge is 2.09. The number of likely N-dealkylation sites (N-methyl/N-ethyl adjacent to an activating group) is 1. The number of hydrogen-bond acceptors (Lipinski definition) is 4. The molecule has 0 saturated heterocycles. The number of hydrogen-bond donors (Lipinski definition) is 2. The zero-order valence-electron chi connectivity index (χ0n) is 15.1. The van der Waals surface area contributed by atoms with E-state index in [-0.39, 0.29) is 5.75 Å². The molecule has 4 heteroatoms. The Bertz CT molecular complexity index is 720. The van der Waals surface area contributed by atoms with E-state index < -0.39 is 0 Å². The number of phenolic OH excluding ortho intramolecular Hbond substituents is 1. The number of nitrogens with zero attached hydrogens (tertiary/aromatic N) is 1. The minimum absolute atomic E-state index is 0.230. The van der Waals surface area contributed by atoms with Crippen LogP contribution < -0.4 is 10.1 Å². The Morgan fingerprint density at radius 2 is 1.96 bits per heavy atom. The number of anilines is 1. The zero-order valence-corrected chi connectivity index (χ0v) is 15.1. The maximum Gasteiger partial charge on any atom is 0.124 e. The van der Waals surface area contributed by atoms with Gasteiger partial charge < -0.3 is 15.2 Å². The largest absolute Gasteiger partial charge is 0.507 e. The minimum Gasteiger partial charge on any atom is -0.507 e. The van der Waals surface area contributed by atoms with Crippen LogP contribution in [0.15, 0.2) is 42.5 Å². The predicted molar refractivity (Wildman–Crippen MR) is 103 cm³/mol. The van der Waals surface area contributed by atoms with Crippen LogP contribution in [0.2, 0.25) is 0 Å². The molecule has 0 aliphatic heterocycles. The Morgan fingerprint density at radius 3 is 2.56 bits per heavy atom. The summed E-state index contributed by atoms with van der Waals surface area (Å²) < 4.78 is 5.09. The summed E-state index contributed by atoms with van der Waals surface area (Å²) in [7, 11) is 3.63. The average molecular weight is 338 g/mol. The molecular formula is C21H26N2O2. The molecule has 0 unspecified atom stereocenters. The maximum atomic E-state index is 10.0. The highest BCUT2D eigenvalue weighted by molar-refractivity contribution is 5.47. The smallest absolute Gasteiger partial charge is 0.124 e. The van der Waals surface area contributed by atoms with Crippen molar-refractivity contribution in [3.8, 4) is 23.8 Å². The van der Waals surface area contributed by atoms with Gasteiger partial charge >= 0.3 is 0 Å². The molecule has 4 nitrogen and oxygen atoms in total. The molecule has 0 amide bonds. The first kappa shape index (κ1) is 18.7. The highest BCUT2D eigenvalue weighted by atomic mass is 16.5. The van der Waals surface area contributed by atoms with E-state index in [1.807, 2.05) is 19.2 Å². The van der Waals surface area contributed by atoms with Gasteiger partial charge in [-0.15, -0.1) is 6.42 Å². The Labute approximate surface area is 150 Å². The number of benzene rings is 2. The Balaban J connectivity index is 1.91. The van der Waals surface area contributed by atoms with Gasteiger partial charge in [0.05, 0.1) is 13.7 Å². The van der Waals surface area contributed by atoms with Crippen molar-refractivity contribution in [1.82, 2.24) is 4.90 Å². The first-order valence-electron chi connectivity index (χ1n) is 8.36. The quantitative estimate of drug-likeness (QED) is 0.723. The molecule has 2 aromatic rings. The van der Waals surface area contributed by atoms with Gasteiger partial charge in [0.2, 0.25) is 0 Å². The fourth-order valence-electron chi connectivity index (χ4n) is 2.57. The lowest BCUT2D eigenvalue weighted by atomic mass is 10.1. The van der Waals surface area contributed by atoms with Crippen LogP contribution in [0, 0.1) is 12.3 Å². The van der Waals surface area contributed by atoms with Crippen LogP contribution in [0.3, 0.4) is 0 Å². The van der Waals surface area contributed by atoms with E-state index >= 15 is 0 Å². The van der Waals surface area contributed by atoms with E-state index in [4.69, 9.17) is 11.2 Å². The van der Waals surface area contributed by atoms with Crippen molar-refractivity contribution in [3.05, 3.63) is 53.6 Å². The van der Waals surface area contributed by atoms with Crippen LogP contribution in [-0.4, -0.2) is 36.8 Å². The van der Waals surface area contributed by atoms with Gasteiger partial charge in [-0.25, -0.2) is 0 Å². The van der Waals surface area contributed by atoms with Crippen molar-refractivity contribution >= 4 is 5.69 Å². The van der Waals surface area contributed by atoms with E-state index in [9.17, 15) is 5.11 Å². The lowest BCUT2D eigenvalue weighted by Gasteiger charge is -2.22. The summed E-state index contributed by atoms with van der Waals surface area (Å²) in [5.74, 6) is 3.55. The fraction of sp³-hybridized carbons (Fsp3) is 0.333. The summed E-state index contributed by atoms with van der Waals surface area (Å²) in [5.41, 5.74) is 3.12. The molecule has 25 heavy (non-hydrogen) atoms. The van der Waals surface area contributed by atoms with Crippen LogP contribution in [-0.2, 0) is 13.0 Å². The Hall–Kier alpha value is -2.64. The maximum absolute atomic E-state index is 10.0. The number of rotatable bonds is 8. The van der Waals surface area contributed by atoms with Gasteiger partial charge in [-0.05, 0) is 50.2 Å². The van der Waals surface area contributed by atoms with E-state index in [0.29, 0.717) is 24.9 Å². The summed E-state index contributed by atoms with van der Waals surface area (Å²) in [5, 5.41) is 13.3. The summed E-state index contributed by atoms with van der Waals surface area (Å²) in [6, 6.07) is 14.1. The van der Waals surface area contributed by atoms with Crippen LogP contribution in [0.1, 0.15) is 18.1 Å². The molecule has 0 aliphatic carbocycles. The molecule has 2 rings (SSSR count). The minimum atomic E-state index is 0.230. The summed E-state index contributed by atoms with van der Waals surface area (Å²) in [6.45, 7) is 3.39. The topological polar surface area (TPSA) is 44.7 Å². The van der Waals surface area contributed by atoms with Gasteiger partial charge in [0, 0.05) is 29.9 Å². The zero-order chi connectivity index (χ0) is 18.2. The summed E-state index contributed by atoms with van der Waals surface area (Å²) in [4.78, 5) is 2.17.